The molecule has 1 unspecified atom stereocenters. The van der Waals surface area contributed by atoms with Gasteiger partial charge in [-0.15, -0.1) is 0 Å². The highest BCUT2D eigenvalue weighted by Crippen LogP contribution is 2.21. The van der Waals surface area contributed by atoms with Crippen LogP contribution in [0, 0.1) is 0 Å². The number of carbonyl (C=O) groups is 2. The van der Waals surface area contributed by atoms with Crippen molar-refractivity contribution in [3.8, 4) is 0 Å². The number of pyridine rings is 1. The number of hydrogen-bond donors (Lipinski definition) is 1. The van der Waals surface area contributed by atoms with E-state index in [-0.39, 0.29) is 11.8 Å². The molecule has 2 aromatic heterocycles. The van der Waals surface area contributed by atoms with E-state index in [2.05, 4.69) is 39.5 Å². The Balaban J connectivity index is 1.18. The van der Waals surface area contributed by atoms with E-state index < -0.39 is 6.04 Å². The van der Waals surface area contributed by atoms with Crippen molar-refractivity contribution >= 4 is 11.8 Å². The maximum Gasteiger partial charge on any atom is 0.271 e. The molecular weight excluding hydrogens is 414 g/mol. The van der Waals surface area contributed by atoms with E-state index in [4.69, 9.17) is 0 Å². The lowest BCUT2D eigenvalue weighted by Crippen LogP contribution is -2.54. The fourth-order valence-electron chi connectivity index (χ4n) is 4.81. The number of benzene rings is 1. The molecule has 1 N–H and O–H groups in total. The molecule has 0 aliphatic carbocycles. The van der Waals surface area contributed by atoms with Crippen LogP contribution in [-0.4, -0.2) is 56.8 Å². The van der Waals surface area contributed by atoms with Gasteiger partial charge in [-0.3, -0.25) is 19.5 Å². The molecule has 170 valence electrons. The summed E-state index contributed by atoms with van der Waals surface area (Å²) in [5.41, 5.74) is 4.38. The summed E-state index contributed by atoms with van der Waals surface area (Å²) >= 11 is 0. The van der Waals surface area contributed by atoms with Gasteiger partial charge in [-0.2, -0.15) is 0 Å². The van der Waals surface area contributed by atoms with E-state index in [0.717, 1.165) is 38.0 Å². The van der Waals surface area contributed by atoms with Crippen LogP contribution in [0.5, 0.6) is 0 Å². The Hall–Kier alpha value is -3.45. The van der Waals surface area contributed by atoms with Crippen LogP contribution in [0.2, 0.25) is 0 Å². The van der Waals surface area contributed by atoms with Gasteiger partial charge in [0, 0.05) is 51.3 Å². The smallest absolute Gasteiger partial charge is 0.271 e. The van der Waals surface area contributed by atoms with E-state index >= 15 is 0 Å². The average molecular weight is 444 g/mol. The lowest BCUT2D eigenvalue weighted by Gasteiger charge is -2.35. The SMILES string of the molecule is O=C(NCCCN1CCc2ccccc2C1)C1Cn2cccc2C(=O)N1Cc1cccnc1. The number of rotatable bonds is 7. The summed E-state index contributed by atoms with van der Waals surface area (Å²) in [4.78, 5) is 34.5. The Morgan fingerprint density at radius 1 is 1.09 bits per heavy atom. The zero-order valence-electron chi connectivity index (χ0n) is 18.7. The molecular formula is C26H29N5O2. The summed E-state index contributed by atoms with van der Waals surface area (Å²) in [6.07, 6.45) is 7.27. The van der Waals surface area contributed by atoms with Gasteiger partial charge < -0.3 is 14.8 Å². The predicted molar refractivity (Wildman–Crippen MR) is 125 cm³/mol. The highest BCUT2D eigenvalue weighted by Gasteiger charge is 2.36. The van der Waals surface area contributed by atoms with Crippen molar-refractivity contribution in [3.05, 3.63) is 89.5 Å². The minimum atomic E-state index is -0.542. The standard InChI is InChI=1S/C26H29N5O2/c32-25(28-12-5-13-29-15-10-21-7-1-2-8-22(21)18-29)24-19-30-14-4-9-23(30)26(33)31(24)17-20-6-3-11-27-16-20/h1-4,6-9,11,14,16,24H,5,10,12-13,15,17-19H2,(H,28,32). The van der Waals surface area contributed by atoms with Crippen LogP contribution in [-0.2, 0) is 30.8 Å². The molecule has 2 amide bonds. The normalized spacial score (nSPS) is 18.0. The molecule has 0 saturated heterocycles. The average Bonchev–Trinajstić information content (AvgIpc) is 3.33. The summed E-state index contributed by atoms with van der Waals surface area (Å²) in [7, 11) is 0. The van der Waals surface area contributed by atoms with Crippen molar-refractivity contribution in [2.75, 3.05) is 19.6 Å². The molecule has 0 fully saturated rings. The number of nitrogens with zero attached hydrogens (tertiary/aromatic N) is 4. The lowest BCUT2D eigenvalue weighted by molar-refractivity contribution is -0.126. The van der Waals surface area contributed by atoms with Crippen LogP contribution in [0.3, 0.4) is 0 Å². The second-order valence-electron chi connectivity index (χ2n) is 8.80. The molecule has 1 atom stereocenters. The summed E-state index contributed by atoms with van der Waals surface area (Å²) in [6, 6.07) is 15.5. The van der Waals surface area contributed by atoms with E-state index in [1.807, 2.05) is 35.0 Å². The van der Waals surface area contributed by atoms with Gasteiger partial charge in [0.2, 0.25) is 5.91 Å². The highest BCUT2D eigenvalue weighted by atomic mass is 16.2. The van der Waals surface area contributed by atoms with Crippen molar-refractivity contribution in [3.63, 3.8) is 0 Å². The van der Waals surface area contributed by atoms with Crippen molar-refractivity contribution in [1.82, 2.24) is 24.7 Å². The number of hydrogen-bond acceptors (Lipinski definition) is 4. The summed E-state index contributed by atoms with van der Waals surface area (Å²) < 4.78 is 1.87. The van der Waals surface area contributed by atoms with Crippen molar-refractivity contribution in [1.29, 1.82) is 0 Å². The van der Waals surface area contributed by atoms with Gasteiger partial charge in [0.1, 0.15) is 11.7 Å². The van der Waals surface area contributed by atoms with Gasteiger partial charge in [0.15, 0.2) is 0 Å². The van der Waals surface area contributed by atoms with Crippen molar-refractivity contribution in [2.24, 2.45) is 0 Å². The van der Waals surface area contributed by atoms with Crippen LogP contribution in [0.1, 0.15) is 33.6 Å². The summed E-state index contributed by atoms with van der Waals surface area (Å²) in [5, 5.41) is 3.08. The predicted octanol–water partition coefficient (Wildman–Crippen LogP) is 2.47. The van der Waals surface area contributed by atoms with E-state index in [1.165, 1.54) is 11.1 Å². The van der Waals surface area contributed by atoms with Gasteiger partial charge in [0.25, 0.3) is 5.91 Å². The van der Waals surface area contributed by atoms with E-state index in [9.17, 15) is 9.59 Å². The van der Waals surface area contributed by atoms with Crippen LogP contribution in [0.15, 0.2) is 67.1 Å². The van der Waals surface area contributed by atoms with Crippen molar-refractivity contribution < 1.29 is 9.59 Å². The second kappa shape index (κ2) is 9.58. The number of aromatic nitrogens is 2. The Morgan fingerprint density at radius 2 is 1.97 bits per heavy atom. The van der Waals surface area contributed by atoms with Crippen LogP contribution in [0.4, 0.5) is 0 Å². The van der Waals surface area contributed by atoms with Crippen LogP contribution >= 0.6 is 0 Å². The number of fused-ring (bicyclic) bond motifs is 2. The fourth-order valence-corrected chi connectivity index (χ4v) is 4.81. The minimum Gasteiger partial charge on any atom is -0.354 e. The summed E-state index contributed by atoms with van der Waals surface area (Å²) in [6.45, 7) is 4.39. The third kappa shape index (κ3) is 4.68. The molecule has 2 aliphatic rings. The molecule has 0 radical (unpaired) electrons. The molecule has 1 aromatic carbocycles. The Morgan fingerprint density at radius 3 is 2.82 bits per heavy atom. The first-order valence-electron chi connectivity index (χ1n) is 11.6. The largest absolute Gasteiger partial charge is 0.354 e. The maximum absolute atomic E-state index is 13.1. The lowest BCUT2D eigenvalue weighted by atomic mass is 10.00. The van der Waals surface area contributed by atoms with Gasteiger partial charge in [-0.05, 0) is 47.7 Å². The number of amides is 2. The van der Waals surface area contributed by atoms with Crippen molar-refractivity contribution in [2.45, 2.75) is 38.5 Å². The Kier molecular flexibility index (Phi) is 6.21. The van der Waals surface area contributed by atoms with Crippen LogP contribution < -0.4 is 5.32 Å². The van der Waals surface area contributed by atoms with Gasteiger partial charge in [-0.25, -0.2) is 0 Å². The molecule has 7 nitrogen and oxygen atoms in total. The van der Waals surface area contributed by atoms with E-state index in [1.54, 1.807) is 17.3 Å². The fraction of sp³-hybridized carbons (Fsp3) is 0.346. The maximum atomic E-state index is 13.1. The summed E-state index contributed by atoms with van der Waals surface area (Å²) in [5.74, 6) is -0.224. The van der Waals surface area contributed by atoms with Crippen LogP contribution in [0.25, 0.3) is 0 Å². The Labute approximate surface area is 194 Å². The highest BCUT2D eigenvalue weighted by molar-refractivity contribution is 5.97. The topological polar surface area (TPSA) is 70.5 Å². The first kappa shape index (κ1) is 21.4. The molecule has 5 rings (SSSR count). The monoisotopic (exact) mass is 443 g/mol. The molecule has 0 saturated carbocycles. The molecule has 7 heteroatoms. The third-order valence-corrected chi connectivity index (χ3v) is 6.59. The van der Waals surface area contributed by atoms with Gasteiger partial charge in [-0.1, -0.05) is 30.3 Å². The molecule has 4 heterocycles. The molecule has 33 heavy (non-hydrogen) atoms. The first-order valence-corrected chi connectivity index (χ1v) is 11.6. The first-order chi connectivity index (χ1) is 16.2. The zero-order chi connectivity index (χ0) is 22.6. The second-order valence-corrected chi connectivity index (χ2v) is 8.80. The zero-order valence-corrected chi connectivity index (χ0v) is 18.7. The quantitative estimate of drug-likeness (QED) is 0.570. The Bertz CT molecular complexity index is 1130. The number of nitrogens with one attached hydrogen (secondary N) is 1. The number of carbonyl (C=O) groups excluding carboxylic acids is 2. The minimum absolute atomic E-state index is 0.101. The molecule has 2 aliphatic heterocycles. The van der Waals surface area contributed by atoms with Gasteiger partial charge >= 0.3 is 0 Å². The third-order valence-electron chi connectivity index (χ3n) is 6.59. The molecule has 0 bridgehead atoms. The van der Waals surface area contributed by atoms with Gasteiger partial charge in [0.05, 0.1) is 6.54 Å². The molecule has 3 aromatic rings. The molecule has 0 spiro atoms. The van der Waals surface area contributed by atoms with E-state index in [0.29, 0.717) is 25.3 Å².